The molecule has 0 rings (SSSR count). The van der Waals surface area contributed by atoms with Gasteiger partial charge in [-0.05, 0) is 0 Å². The number of carbonyl (C=O) groups is 1. The molecule has 0 heterocycles. The van der Waals surface area contributed by atoms with Crippen LogP contribution in [0.1, 0.15) is 0 Å². The molecule has 8 heteroatoms. The molecule has 0 aliphatic carbocycles. The van der Waals surface area contributed by atoms with Crippen molar-refractivity contribution in [3.63, 3.8) is 0 Å². The van der Waals surface area contributed by atoms with Gasteiger partial charge < -0.3 is 36.0 Å². The number of carboxylic acid groups (broad SMARTS) is 1. The van der Waals surface area contributed by atoms with Crippen LogP contribution in [0.3, 0.4) is 0 Å². The van der Waals surface area contributed by atoms with E-state index in [1.165, 1.54) is 0 Å². The Morgan fingerprint density at radius 2 is 1.53 bits per heavy atom. The summed E-state index contributed by atoms with van der Waals surface area (Å²) in [7, 11) is 0. The molecule has 1 amide bonds. The van der Waals surface area contributed by atoms with Crippen LogP contribution in [-0.4, -0.2) is 74.3 Å². The number of rotatable bonds is 6. The molecule has 0 bridgehead atoms. The maximum Gasteiger partial charge on any atom is 0.404 e. The standard InChI is InChI=1S/C7H15NO7/c9-2-4(11)6(13)5(12)3(10)1-8-7(14)15/h3-6,8-13H,1-2H2,(H,14,15)/t3?,4-,5-,6-/m1/s1. The van der Waals surface area contributed by atoms with E-state index in [0.29, 0.717) is 0 Å². The summed E-state index contributed by atoms with van der Waals surface area (Å²) in [6.07, 6.45) is -8.06. The highest BCUT2D eigenvalue weighted by molar-refractivity contribution is 5.64. The molecule has 15 heavy (non-hydrogen) atoms. The fourth-order valence-corrected chi connectivity index (χ4v) is 0.876. The van der Waals surface area contributed by atoms with E-state index in [2.05, 4.69) is 0 Å². The van der Waals surface area contributed by atoms with E-state index in [1.54, 1.807) is 5.32 Å². The van der Waals surface area contributed by atoms with Crippen molar-refractivity contribution in [1.82, 2.24) is 5.32 Å². The molecule has 0 saturated heterocycles. The average molecular weight is 225 g/mol. The van der Waals surface area contributed by atoms with Crippen LogP contribution in [0.25, 0.3) is 0 Å². The Labute approximate surface area is 85.4 Å². The summed E-state index contributed by atoms with van der Waals surface area (Å²) in [4.78, 5) is 10.0. The van der Waals surface area contributed by atoms with Crippen LogP contribution in [0, 0.1) is 0 Å². The lowest BCUT2D eigenvalue weighted by Crippen LogP contribution is -2.49. The van der Waals surface area contributed by atoms with Crippen molar-refractivity contribution in [2.24, 2.45) is 0 Å². The van der Waals surface area contributed by atoms with Crippen molar-refractivity contribution in [2.45, 2.75) is 24.4 Å². The van der Waals surface area contributed by atoms with Gasteiger partial charge in [0.25, 0.3) is 0 Å². The minimum Gasteiger partial charge on any atom is -0.465 e. The van der Waals surface area contributed by atoms with Gasteiger partial charge in [0, 0.05) is 6.54 Å². The first-order valence-corrected chi connectivity index (χ1v) is 4.20. The predicted octanol–water partition coefficient (Wildman–Crippen LogP) is -3.31. The SMILES string of the molecule is O=C(O)NCC(O)[C@@H](O)[C@H](O)[C@H](O)CO. The van der Waals surface area contributed by atoms with E-state index in [0.717, 1.165) is 0 Å². The van der Waals surface area contributed by atoms with Crippen LogP contribution in [0.5, 0.6) is 0 Å². The van der Waals surface area contributed by atoms with Gasteiger partial charge in [-0.15, -0.1) is 0 Å². The monoisotopic (exact) mass is 225 g/mol. The third kappa shape index (κ3) is 4.91. The average Bonchev–Trinajstić information content (AvgIpc) is 2.22. The Hall–Kier alpha value is -0.930. The van der Waals surface area contributed by atoms with Crippen molar-refractivity contribution in [3.8, 4) is 0 Å². The van der Waals surface area contributed by atoms with Crippen molar-refractivity contribution in [3.05, 3.63) is 0 Å². The van der Waals surface area contributed by atoms with E-state index in [-0.39, 0.29) is 0 Å². The molecule has 0 aliphatic heterocycles. The van der Waals surface area contributed by atoms with Gasteiger partial charge in [0.15, 0.2) is 0 Å². The molecule has 0 aromatic heterocycles. The molecule has 0 spiro atoms. The van der Waals surface area contributed by atoms with Crippen LogP contribution in [-0.2, 0) is 0 Å². The first kappa shape index (κ1) is 14.1. The van der Waals surface area contributed by atoms with Crippen LogP contribution in [0.2, 0.25) is 0 Å². The largest absolute Gasteiger partial charge is 0.465 e. The summed E-state index contributed by atoms with van der Waals surface area (Å²) < 4.78 is 0. The molecular formula is C7H15NO7. The molecule has 0 aliphatic rings. The molecule has 0 radical (unpaired) electrons. The smallest absolute Gasteiger partial charge is 0.404 e. The number of aliphatic hydroxyl groups is 5. The highest BCUT2D eigenvalue weighted by Crippen LogP contribution is 2.04. The predicted molar refractivity (Wildman–Crippen MR) is 47.1 cm³/mol. The zero-order valence-electron chi connectivity index (χ0n) is 7.82. The lowest BCUT2D eigenvalue weighted by atomic mass is 10.0. The summed E-state index contributed by atoms with van der Waals surface area (Å²) in [5, 5.41) is 54.8. The molecule has 0 saturated carbocycles. The van der Waals surface area contributed by atoms with Crippen molar-refractivity contribution >= 4 is 6.09 Å². The zero-order chi connectivity index (χ0) is 12.0. The second kappa shape index (κ2) is 6.53. The normalized spacial score (nSPS) is 19.0. The van der Waals surface area contributed by atoms with Gasteiger partial charge in [-0.3, -0.25) is 0 Å². The third-order valence-electron chi connectivity index (χ3n) is 1.79. The molecule has 0 aromatic rings. The molecule has 0 fully saturated rings. The Morgan fingerprint density at radius 3 is 1.93 bits per heavy atom. The first-order valence-electron chi connectivity index (χ1n) is 4.20. The van der Waals surface area contributed by atoms with Crippen LogP contribution in [0.15, 0.2) is 0 Å². The summed E-state index contributed by atoms with van der Waals surface area (Å²) >= 11 is 0. The fourth-order valence-electron chi connectivity index (χ4n) is 0.876. The molecule has 90 valence electrons. The van der Waals surface area contributed by atoms with Gasteiger partial charge in [0.1, 0.15) is 18.3 Å². The maximum atomic E-state index is 10.0. The van der Waals surface area contributed by atoms with Crippen molar-refractivity contribution in [1.29, 1.82) is 0 Å². The van der Waals surface area contributed by atoms with Crippen LogP contribution in [0.4, 0.5) is 4.79 Å². The molecular weight excluding hydrogens is 210 g/mol. The summed E-state index contributed by atoms with van der Waals surface area (Å²) in [5.74, 6) is 0. The lowest BCUT2D eigenvalue weighted by Gasteiger charge is -2.25. The van der Waals surface area contributed by atoms with Gasteiger partial charge in [0.05, 0.1) is 12.7 Å². The number of hydrogen-bond donors (Lipinski definition) is 7. The Morgan fingerprint density at radius 1 is 1.07 bits per heavy atom. The van der Waals surface area contributed by atoms with Gasteiger partial charge in [-0.2, -0.15) is 0 Å². The van der Waals surface area contributed by atoms with Gasteiger partial charge in [0.2, 0.25) is 0 Å². The molecule has 0 aromatic carbocycles. The minimum absolute atomic E-state index is 0.494. The van der Waals surface area contributed by atoms with Crippen molar-refractivity contribution in [2.75, 3.05) is 13.2 Å². The highest BCUT2D eigenvalue weighted by Gasteiger charge is 2.29. The number of amides is 1. The quantitative estimate of drug-likeness (QED) is 0.250. The lowest BCUT2D eigenvalue weighted by molar-refractivity contribution is -0.113. The second-order valence-electron chi connectivity index (χ2n) is 2.98. The van der Waals surface area contributed by atoms with E-state index in [9.17, 15) is 9.90 Å². The number of nitrogens with one attached hydrogen (secondary N) is 1. The second-order valence-corrected chi connectivity index (χ2v) is 2.98. The van der Waals surface area contributed by atoms with Crippen molar-refractivity contribution < 1.29 is 35.4 Å². The highest BCUT2D eigenvalue weighted by atomic mass is 16.4. The molecule has 8 nitrogen and oxygen atoms in total. The minimum atomic E-state index is -1.75. The van der Waals surface area contributed by atoms with E-state index < -0.39 is 43.7 Å². The summed E-state index contributed by atoms with van der Waals surface area (Å²) in [6, 6.07) is 0. The Kier molecular flexibility index (Phi) is 6.13. The summed E-state index contributed by atoms with van der Waals surface area (Å²) in [6.45, 7) is -1.27. The van der Waals surface area contributed by atoms with E-state index in [1.807, 2.05) is 0 Å². The Balaban J connectivity index is 4.06. The van der Waals surface area contributed by atoms with Gasteiger partial charge in [-0.1, -0.05) is 0 Å². The van der Waals surface area contributed by atoms with E-state index in [4.69, 9.17) is 25.5 Å². The molecule has 1 unspecified atom stereocenters. The van der Waals surface area contributed by atoms with Crippen LogP contribution >= 0.6 is 0 Å². The number of hydrogen-bond acceptors (Lipinski definition) is 6. The maximum absolute atomic E-state index is 10.0. The zero-order valence-corrected chi connectivity index (χ0v) is 7.82. The van der Waals surface area contributed by atoms with Crippen LogP contribution < -0.4 is 5.32 Å². The molecule has 7 N–H and O–H groups in total. The number of aliphatic hydroxyl groups excluding tert-OH is 5. The van der Waals surface area contributed by atoms with E-state index >= 15 is 0 Å². The molecule has 4 atom stereocenters. The summed E-state index contributed by atoms with van der Waals surface area (Å²) in [5.41, 5.74) is 0. The first-order chi connectivity index (χ1) is 6.90. The van der Waals surface area contributed by atoms with Gasteiger partial charge >= 0.3 is 6.09 Å². The van der Waals surface area contributed by atoms with Gasteiger partial charge in [-0.25, -0.2) is 4.79 Å². The topological polar surface area (TPSA) is 150 Å². The Bertz CT molecular complexity index is 200. The third-order valence-corrected chi connectivity index (χ3v) is 1.79. The fraction of sp³-hybridized carbons (Fsp3) is 0.857.